The van der Waals surface area contributed by atoms with E-state index in [9.17, 15) is 14.0 Å². The highest BCUT2D eigenvalue weighted by molar-refractivity contribution is 8.16. The van der Waals surface area contributed by atoms with Crippen molar-refractivity contribution in [1.29, 1.82) is 0 Å². The van der Waals surface area contributed by atoms with E-state index in [-0.39, 0.29) is 18.1 Å². The van der Waals surface area contributed by atoms with Gasteiger partial charge in [-0.05, 0) is 62.4 Å². The predicted molar refractivity (Wildman–Crippen MR) is 124 cm³/mol. The Morgan fingerprint density at radius 3 is 2.13 bits per heavy atom. The van der Waals surface area contributed by atoms with Gasteiger partial charge in [0.2, 0.25) is 5.91 Å². The maximum absolute atomic E-state index is 13.3. The Bertz CT molecular complexity index is 1140. The fourth-order valence-electron chi connectivity index (χ4n) is 3.26. The van der Waals surface area contributed by atoms with Gasteiger partial charge in [-0.2, -0.15) is 0 Å². The summed E-state index contributed by atoms with van der Waals surface area (Å²) in [5, 5.41) is -0.0577. The lowest BCUT2D eigenvalue weighted by atomic mass is 10.1. The number of hydrogen-bond acceptors (Lipinski definition) is 4. The molecule has 6 heteroatoms. The molecule has 1 aliphatic heterocycles. The number of amides is 1. The van der Waals surface area contributed by atoms with Crippen LogP contribution in [0.3, 0.4) is 0 Å². The summed E-state index contributed by atoms with van der Waals surface area (Å²) >= 11 is 1.28. The molecule has 156 valence electrons. The summed E-state index contributed by atoms with van der Waals surface area (Å²) in [6, 6.07) is 20.8. The largest absolute Gasteiger partial charge is 0.294 e. The molecule has 3 aromatic carbocycles. The van der Waals surface area contributed by atoms with Crippen LogP contribution in [-0.4, -0.2) is 22.1 Å². The van der Waals surface area contributed by atoms with E-state index < -0.39 is 11.1 Å². The van der Waals surface area contributed by atoms with E-state index in [1.807, 2.05) is 62.4 Å². The van der Waals surface area contributed by atoms with Crippen molar-refractivity contribution in [2.75, 3.05) is 4.90 Å². The van der Waals surface area contributed by atoms with Crippen molar-refractivity contribution in [2.45, 2.75) is 25.5 Å². The van der Waals surface area contributed by atoms with Crippen LogP contribution in [0, 0.1) is 19.7 Å². The van der Waals surface area contributed by atoms with Crippen molar-refractivity contribution in [3.8, 4) is 0 Å². The summed E-state index contributed by atoms with van der Waals surface area (Å²) in [4.78, 5) is 32.3. The zero-order chi connectivity index (χ0) is 22.0. The van der Waals surface area contributed by atoms with Gasteiger partial charge in [0, 0.05) is 12.0 Å². The lowest BCUT2D eigenvalue weighted by Gasteiger charge is -2.17. The first-order chi connectivity index (χ1) is 14.9. The molecule has 4 nitrogen and oxygen atoms in total. The second-order valence-corrected chi connectivity index (χ2v) is 8.65. The summed E-state index contributed by atoms with van der Waals surface area (Å²) < 4.78 is 13.2. The minimum Gasteiger partial charge on any atom is -0.294 e. The van der Waals surface area contributed by atoms with Gasteiger partial charge in [-0.15, -0.1) is 0 Å². The molecule has 0 saturated carbocycles. The lowest BCUT2D eigenvalue weighted by Crippen LogP contribution is -2.32. The first-order valence-corrected chi connectivity index (χ1v) is 10.8. The van der Waals surface area contributed by atoms with Gasteiger partial charge in [0.05, 0.1) is 16.6 Å². The van der Waals surface area contributed by atoms with Crippen LogP contribution in [0.4, 0.5) is 15.8 Å². The number of anilines is 1. The molecular weight excluding hydrogens is 411 g/mol. The molecule has 0 aliphatic carbocycles. The molecule has 1 amide bonds. The molecular formula is C25H21FN2O2S. The average molecular weight is 433 g/mol. The maximum Gasteiger partial charge on any atom is 0.247 e. The number of carbonyl (C=O) groups excluding carboxylic acids is 2. The summed E-state index contributed by atoms with van der Waals surface area (Å²) in [6.45, 7) is 3.98. The van der Waals surface area contributed by atoms with E-state index in [2.05, 4.69) is 0 Å². The molecule has 31 heavy (non-hydrogen) atoms. The number of amidine groups is 1. The molecule has 1 heterocycles. The highest BCUT2D eigenvalue weighted by Crippen LogP contribution is 2.36. The molecule has 1 saturated heterocycles. The van der Waals surface area contributed by atoms with Gasteiger partial charge in [-0.3, -0.25) is 14.5 Å². The molecule has 0 N–H and O–H groups in total. The van der Waals surface area contributed by atoms with E-state index >= 15 is 0 Å². The van der Waals surface area contributed by atoms with E-state index in [0.717, 1.165) is 16.8 Å². The fraction of sp³-hybridized carbons (Fsp3) is 0.160. The molecule has 0 aromatic heterocycles. The summed E-state index contributed by atoms with van der Waals surface area (Å²) in [5.74, 6) is -0.789. The molecule has 4 rings (SSSR count). The number of aliphatic imine (C=N–C) groups is 1. The minimum atomic E-state index is -0.594. The molecule has 0 bridgehead atoms. The van der Waals surface area contributed by atoms with Gasteiger partial charge in [-0.25, -0.2) is 9.38 Å². The topological polar surface area (TPSA) is 49.7 Å². The van der Waals surface area contributed by atoms with Crippen molar-refractivity contribution >= 4 is 40.0 Å². The van der Waals surface area contributed by atoms with Crippen LogP contribution >= 0.6 is 11.8 Å². The Morgan fingerprint density at radius 1 is 0.935 bits per heavy atom. The van der Waals surface area contributed by atoms with Crippen LogP contribution in [0.25, 0.3) is 0 Å². The fourth-order valence-corrected chi connectivity index (χ4v) is 4.41. The summed E-state index contributed by atoms with van der Waals surface area (Å²) in [7, 11) is 0. The number of thioether (sulfide) groups is 1. The Hall–Kier alpha value is -3.25. The van der Waals surface area contributed by atoms with Crippen LogP contribution < -0.4 is 4.90 Å². The first kappa shape index (κ1) is 21.0. The number of nitrogens with zero attached hydrogens (tertiary/aromatic N) is 2. The Labute approximate surface area is 184 Å². The number of ketones is 1. The number of benzene rings is 3. The lowest BCUT2D eigenvalue weighted by molar-refractivity contribution is -0.116. The van der Waals surface area contributed by atoms with Gasteiger partial charge in [0.1, 0.15) is 5.82 Å². The number of aryl methyl sites for hydroxylation is 2. The molecule has 1 aliphatic rings. The van der Waals surface area contributed by atoms with Crippen LogP contribution in [0.2, 0.25) is 0 Å². The van der Waals surface area contributed by atoms with Crippen LogP contribution in [0.5, 0.6) is 0 Å². The highest BCUT2D eigenvalue weighted by Gasteiger charge is 2.40. The van der Waals surface area contributed by atoms with Crippen LogP contribution in [-0.2, 0) is 4.79 Å². The number of rotatable bonds is 5. The minimum absolute atomic E-state index is 0.0183. The van der Waals surface area contributed by atoms with Crippen molar-refractivity contribution in [2.24, 2.45) is 4.99 Å². The second-order valence-electron chi connectivity index (χ2n) is 7.48. The summed E-state index contributed by atoms with van der Waals surface area (Å²) in [5.41, 5.74) is 4.05. The molecule has 1 atom stereocenters. The third kappa shape index (κ3) is 4.75. The monoisotopic (exact) mass is 432 g/mol. The molecule has 0 spiro atoms. The molecule has 1 unspecified atom stereocenters. The third-order valence-electron chi connectivity index (χ3n) is 5.02. The van der Waals surface area contributed by atoms with Crippen LogP contribution in [0.15, 0.2) is 77.8 Å². The maximum atomic E-state index is 13.3. The van der Waals surface area contributed by atoms with Crippen LogP contribution in [0.1, 0.15) is 27.9 Å². The van der Waals surface area contributed by atoms with Gasteiger partial charge >= 0.3 is 0 Å². The van der Waals surface area contributed by atoms with Crippen molar-refractivity contribution in [3.63, 3.8) is 0 Å². The molecule has 1 fully saturated rings. The Kier molecular flexibility index (Phi) is 6.00. The predicted octanol–water partition coefficient (Wildman–Crippen LogP) is 5.85. The molecule has 0 radical (unpaired) electrons. The molecule has 3 aromatic rings. The number of Topliss-reactive ketones (excluding diaryl/α,β-unsaturated/α-hetero) is 1. The number of hydrogen-bond donors (Lipinski definition) is 0. The standard InChI is InChI=1S/C25H21FN2O2S/c1-16-3-11-20(12-4-16)27-25-28(21-13-5-17(2)6-14-21)24(30)23(31-25)15-22(29)18-7-9-19(26)10-8-18/h3-14,23H,15H2,1-2H3. The van der Waals surface area contributed by atoms with Gasteiger partial charge in [0.15, 0.2) is 11.0 Å². The first-order valence-electron chi connectivity index (χ1n) is 9.92. The Morgan fingerprint density at radius 2 is 1.52 bits per heavy atom. The van der Waals surface area contributed by atoms with E-state index in [1.165, 1.54) is 36.0 Å². The highest BCUT2D eigenvalue weighted by atomic mass is 32.2. The Balaban J connectivity index is 1.64. The van der Waals surface area contributed by atoms with Gasteiger partial charge in [0.25, 0.3) is 0 Å². The van der Waals surface area contributed by atoms with Crippen molar-refractivity contribution in [1.82, 2.24) is 0 Å². The quantitative estimate of drug-likeness (QED) is 0.475. The smallest absolute Gasteiger partial charge is 0.247 e. The normalized spacial score (nSPS) is 17.4. The van der Waals surface area contributed by atoms with E-state index in [4.69, 9.17) is 4.99 Å². The number of halogens is 1. The zero-order valence-electron chi connectivity index (χ0n) is 17.2. The second kappa shape index (κ2) is 8.86. The summed E-state index contributed by atoms with van der Waals surface area (Å²) in [6.07, 6.45) is 0.0183. The third-order valence-corrected chi connectivity index (χ3v) is 6.16. The average Bonchev–Trinajstić information content (AvgIpc) is 3.05. The number of carbonyl (C=O) groups is 2. The van der Waals surface area contributed by atoms with Gasteiger partial charge in [-0.1, -0.05) is 47.2 Å². The zero-order valence-corrected chi connectivity index (χ0v) is 18.0. The van der Waals surface area contributed by atoms with Gasteiger partial charge < -0.3 is 0 Å². The van der Waals surface area contributed by atoms with E-state index in [0.29, 0.717) is 16.4 Å². The van der Waals surface area contributed by atoms with E-state index in [1.54, 1.807) is 4.90 Å². The van der Waals surface area contributed by atoms with Crippen molar-refractivity contribution in [3.05, 3.63) is 95.3 Å². The van der Waals surface area contributed by atoms with Crippen molar-refractivity contribution < 1.29 is 14.0 Å². The SMILES string of the molecule is Cc1ccc(N=C2SC(CC(=O)c3ccc(F)cc3)C(=O)N2c2ccc(C)cc2)cc1.